The summed E-state index contributed by atoms with van der Waals surface area (Å²) in [5.74, 6) is 0. The number of hydrogen-bond acceptors (Lipinski definition) is 4. The van der Waals surface area contributed by atoms with Gasteiger partial charge in [-0.15, -0.1) is 0 Å². The molecule has 0 bridgehead atoms. The number of aliphatic hydroxyl groups is 1. The first-order valence-electron chi connectivity index (χ1n) is 6.47. The van der Waals surface area contributed by atoms with E-state index in [9.17, 15) is 9.90 Å². The molecule has 2 unspecified atom stereocenters. The zero-order valence-corrected chi connectivity index (χ0v) is 13.2. The molecule has 1 saturated carbocycles. The third kappa shape index (κ3) is 2.43. The van der Waals surface area contributed by atoms with Gasteiger partial charge in [0, 0.05) is 11.5 Å². The van der Waals surface area contributed by atoms with Crippen molar-refractivity contribution < 1.29 is 5.11 Å². The van der Waals surface area contributed by atoms with Crippen LogP contribution >= 0.6 is 15.9 Å². The topological polar surface area (TPSA) is 67.2 Å². The van der Waals surface area contributed by atoms with Crippen LogP contribution in [0.15, 0.2) is 15.5 Å². The molecule has 19 heavy (non-hydrogen) atoms. The van der Waals surface area contributed by atoms with Gasteiger partial charge in [-0.1, -0.05) is 13.8 Å². The smallest absolute Gasteiger partial charge is 0.283 e. The van der Waals surface area contributed by atoms with Crippen molar-refractivity contribution in [2.24, 2.45) is 5.41 Å². The Morgan fingerprint density at radius 2 is 2.21 bits per heavy atom. The number of halogens is 1. The molecule has 106 valence electrons. The summed E-state index contributed by atoms with van der Waals surface area (Å²) in [4.78, 5) is 12.1. The number of rotatable bonds is 3. The molecule has 1 aromatic heterocycles. The second-order valence-corrected chi connectivity index (χ2v) is 6.78. The zero-order valence-electron chi connectivity index (χ0n) is 11.6. The number of nitrogens with zero attached hydrogens (tertiary/aromatic N) is 2. The van der Waals surface area contributed by atoms with Crippen LogP contribution in [0.2, 0.25) is 0 Å². The van der Waals surface area contributed by atoms with Crippen LogP contribution in [0.4, 0.5) is 5.69 Å². The van der Waals surface area contributed by atoms with Gasteiger partial charge in [0.05, 0.1) is 24.0 Å². The first kappa shape index (κ1) is 14.5. The summed E-state index contributed by atoms with van der Waals surface area (Å²) in [7, 11) is 0. The molecule has 0 saturated heterocycles. The number of aromatic nitrogens is 2. The highest BCUT2D eigenvalue weighted by Gasteiger charge is 2.47. The lowest BCUT2D eigenvalue weighted by atomic mass is 9.64. The van der Waals surface area contributed by atoms with Gasteiger partial charge in [0.15, 0.2) is 0 Å². The minimum atomic E-state index is -0.298. The van der Waals surface area contributed by atoms with Gasteiger partial charge in [-0.2, -0.15) is 5.10 Å². The standard InChI is InChI=1S/C13H20BrN3O2/c1-7(2)17-12(19)11(14)8(6-15-17)16-9-5-10(18)13(9,3)4/h6-7,9-10,16,18H,5H2,1-4H3. The average molecular weight is 330 g/mol. The minimum absolute atomic E-state index is 0.0276. The highest BCUT2D eigenvalue weighted by atomic mass is 79.9. The molecule has 0 aromatic carbocycles. The Balaban J connectivity index is 2.24. The van der Waals surface area contributed by atoms with Crippen LogP contribution < -0.4 is 10.9 Å². The van der Waals surface area contributed by atoms with Crippen LogP contribution in [0.1, 0.15) is 40.2 Å². The average Bonchev–Trinajstić information content (AvgIpc) is 2.33. The van der Waals surface area contributed by atoms with Gasteiger partial charge in [-0.05, 0) is 36.2 Å². The largest absolute Gasteiger partial charge is 0.392 e. The van der Waals surface area contributed by atoms with Crippen LogP contribution in [0.5, 0.6) is 0 Å². The van der Waals surface area contributed by atoms with Gasteiger partial charge in [0.1, 0.15) is 4.47 Å². The maximum absolute atomic E-state index is 12.1. The fourth-order valence-corrected chi connectivity index (χ4v) is 2.65. The molecule has 2 rings (SSSR count). The molecule has 1 heterocycles. The summed E-state index contributed by atoms with van der Waals surface area (Å²) in [5, 5.41) is 17.2. The van der Waals surface area contributed by atoms with E-state index in [1.807, 2.05) is 27.7 Å². The second kappa shape index (κ2) is 4.90. The fraction of sp³-hybridized carbons (Fsp3) is 0.692. The van der Waals surface area contributed by atoms with Crippen LogP contribution in [0.25, 0.3) is 0 Å². The van der Waals surface area contributed by atoms with Gasteiger partial charge in [-0.25, -0.2) is 4.68 Å². The Hall–Kier alpha value is -0.880. The SMILES string of the molecule is CC(C)n1ncc(NC2CC(O)C2(C)C)c(Br)c1=O. The van der Waals surface area contributed by atoms with Crippen molar-refractivity contribution in [2.75, 3.05) is 5.32 Å². The summed E-state index contributed by atoms with van der Waals surface area (Å²) in [6, 6.07) is 0.176. The van der Waals surface area contributed by atoms with Crippen LogP contribution in [-0.4, -0.2) is 27.0 Å². The lowest BCUT2D eigenvalue weighted by Gasteiger charge is -2.49. The van der Waals surface area contributed by atoms with Gasteiger partial charge in [0.25, 0.3) is 5.56 Å². The molecule has 1 aliphatic rings. The Morgan fingerprint density at radius 1 is 1.58 bits per heavy atom. The fourth-order valence-electron chi connectivity index (χ4n) is 2.25. The Bertz CT molecular complexity index is 539. The van der Waals surface area contributed by atoms with Crippen molar-refractivity contribution in [1.82, 2.24) is 9.78 Å². The monoisotopic (exact) mass is 329 g/mol. The zero-order chi connectivity index (χ0) is 14.4. The summed E-state index contributed by atoms with van der Waals surface area (Å²) in [6.07, 6.45) is 2.05. The van der Waals surface area contributed by atoms with E-state index in [4.69, 9.17) is 0 Å². The Kier molecular flexibility index (Phi) is 3.75. The molecule has 0 radical (unpaired) electrons. The van der Waals surface area contributed by atoms with Gasteiger partial charge >= 0.3 is 0 Å². The Morgan fingerprint density at radius 3 is 2.68 bits per heavy atom. The Labute approximate surface area is 121 Å². The molecule has 2 atom stereocenters. The number of nitrogens with one attached hydrogen (secondary N) is 1. The quantitative estimate of drug-likeness (QED) is 0.891. The molecular formula is C13H20BrN3O2. The lowest BCUT2D eigenvalue weighted by Crippen LogP contribution is -2.57. The molecule has 0 spiro atoms. The third-order valence-corrected chi connectivity index (χ3v) is 4.74. The number of aliphatic hydroxyl groups excluding tert-OH is 1. The van der Waals surface area contributed by atoms with E-state index in [1.165, 1.54) is 4.68 Å². The van der Waals surface area contributed by atoms with Crippen LogP contribution in [0, 0.1) is 5.41 Å². The van der Waals surface area contributed by atoms with Crippen molar-refractivity contribution in [3.05, 3.63) is 21.0 Å². The molecule has 0 amide bonds. The lowest BCUT2D eigenvalue weighted by molar-refractivity contribution is -0.0510. The predicted octanol–water partition coefficient (Wildman–Crippen LogP) is 2.16. The van der Waals surface area contributed by atoms with Gasteiger partial charge in [-0.3, -0.25) is 4.79 Å². The van der Waals surface area contributed by atoms with Crippen molar-refractivity contribution in [3.8, 4) is 0 Å². The maximum atomic E-state index is 12.1. The van der Waals surface area contributed by atoms with Crippen molar-refractivity contribution >= 4 is 21.6 Å². The molecule has 1 fully saturated rings. The molecule has 1 aliphatic carbocycles. The molecule has 0 aliphatic heterocycles. The van der Waals surface area contributed by atoms with E-state index in [0.717, 1.165) is 0 Å². The van der Waals surface area contributed by atoms with Gasteiger partial charge in [0.2, 0.25) is 0 Å². The minimum Gasteiger partial charge on any atom is -0.392 e. The van der Waals surface area contributed by atoms with Crippen molar-refractivity contribution in [3.63, 3.8) is 0 Å². The molecule has 5 nitrogen and oxygen atoms in total. The van der Waals surface area contributed by atoms with Crippen molar-refractivity contribution in [1.29, 1.82) is 0 Å². The molecule has 1 aromatic rings. The highest BCUT2D eigenvalue weighted by molar-refractivity contribution is 9.10. The van der Waals surface area contributed by atoms with E-state index in [2.05, 4.69) is 26.3 Å². The van der Waals surface area contributed by atoms with Crippen molar-refractivity contribution in [2.45, 2.75) is 52.3 Å². The van der Waals surface area contributed by atoms with Gasteiger partial charge < -0.3 is 10.4 Å². The first-order chi connectivity index (χ1) is 8.75. The first-order valence-corrected chi connectivity index (χ1v) is 7.26. The predicted molar refractivity (Wildman–Crippen MR) is 78.4 cm³/mol. The van der Waals surface area contributed by atoms with E-state index < -0.39 is 0 Å². The summed E-state index contributed by atoms with van der Waals surface area (Å²) < 4.78 is 1.93. The summed E-state index contributed by atoms with van der Waals surface area (Å²) in [5.41, 5.74) is 0.358. The third-order valence-electron chi connectivity index (χ3n) is 3.98. The summed E-state index contributed by atoms with van der Waals surface area (Å²) >= 11 is 3.34. The van der Waals surface area contributed by atoms with E-state index >= 15 is 0 Å². The second-order valence-electron chi connectivity index (χ2n) is 5.99. The van der Waals surface area contributed by atoms with E-state index in [1.54, 1.807) is 6.20 Å². The van der Waals surface area contributed by atoms with E-state index in [-0.39, 0.29) is 29.2 Å². The van der Waals surface area contributed by atoms with Crippen LogP contribution in [0.3, 0.4) is 0 Å². The molecule has 2 N–H and O–H groups in total. The molecular weight excluding hydrogens is 310 g/mol. The van der Waals surface area contributed by atoms with Crippen LogP contribution in [-0.2, 0) is 0 Å². The number of anilines is 1. The molecule has 6 heteroatoms. The van der Waals surface area contributed by atoms with E-state index in [0.29, 0.717) is 16.6 Å². The normalized spacial score (nSPS) is 25.2. The maximum Gasteiger partial charge on any atom is 0.283 e. The summed E-state index contributed by atoms with van der Waals surface area (Å²) in [6.45, 7) is 7.85. The number of hydrogen-bond donors (Lipinski definition) is 2. The highest BCUT2D eigenvalue weighted by Crippen LogP contribution is 2.42.